The van der Waals surface area contributed by atoms with E-state index in [1.165, 1.54) is 19.3 Å². The molecule has 6 heteroatoms. The number of sulfonamides is 1. The Labute approximate surface area is 165 Å². The van der Waals surface area contributed by atoms with Gasteiger partial charge in [0.05, 0.1) is 11.7 Å². The van der Waals surface area contributed by atoms with Crippen LogP contribution in [0.1, 0.15) is 104 Å². The predicted octanol–water partition coefficient (Wildman–Crippen LogP) is 5.03. The predicted molar refractivity (Wildman–Crippen MR) is 109 cm³/mol. The van der Waals surface area contributed by atoms with Gasteiger partial charge in [-0.1, -0.05) is 52.9 Å². The molecule has 0 radical (unpaired) electrons. The Morgan fingerprint density at radius 1 is 1.04 bits per heavy atom. The smallest absolute Gasteiger partial charge is 0.246 e. The molecule has 0 spiro atoms. The third-order valence-corrected chi connectivity index (χ3v) is 8.24. The first-order valence-corrected chi connectivity index (χ1v) is 12.2. The lowest BCUT2D eigenvalue weighted by Gasteiger charge is -2.36. The second-order valence-electron chi connectivity index (χ2n) is 9.73. The van der Waals surface area contributed by atoms with Gasteiger partial charge in [0, 0.05) is 23.7 Å². The summed E-state index contributed by atoms with van der Waals surface area (Å²) in [7, 11) is -3.57. The minimum absolute atomic E-state index is 0.0410. The van der Waals surface area contributed by atoms with Gasteiger partial charge in [-0.2, -0.15) is 9.40 Å². The molecule has 1 heterocycles. The molecule has 0 N–H and O–H groups in total. The molecule has 0 atom stereocenters. The lowest BCUT2D eigenvalue weighted by atomic mass is 9.92. The van der Waals surface area contributed by atoms with E-state index in [0.717, 1.165) is 44.2 Å². The topological polar surface area (TPSA) is 55.2 Å². The lowest BCUT2D eigenvalue weighted by Crippen LogP contribution is -2.46. The standard InChI is InChI=1S/C21H37N3O2S/c1-16(2)24(18-13-7-6-8-14-18)27(25,26)19-15-23(17-11-9-10-12-17)22-20(19)21(3,4)5/h15-18H,6-14H2,1-5H3. The van der Waals surface area contributed by atoms with Gasteiger partial charge in [0.15, 0.2) is 0 Å². The van der Waals surface area contributed by atoms with E-state index in [2.05, 4.69) is 20.8 Å². The van der Waals surface area contributed by atoms with E-state index in [4.69, 9.17) is 5.10 Å². The largest absolute Gasteiger partial charge is 0.268 e. The third-order valence-electron chi connectivity index (χ3n) is 6.11. The highest BCUT2D eigenvalue weighted by Gasteiger charge is 2.39. The van der Waals surface area contributed by atoms with Crippen molar-refractivity contribution < 1.29 is 8.42 Å². The van der Waals surface area contributed by atoms with E-state index >= 15 is 0 Å². The third kappa shape index (κ3) is 4.26. The van der Waals surface area contributed by atoms with Crippen LogP contribution in [0.15, 0.2) is 11.1 Å². The molecule has 2 fully saturated rings. The van der Waals surface area contributed by atoms with E-state index in [1.54, 1.807) is 4.31 Å². The van der Waals surface area contributed by atoms with Gasteiger partial charge in [0.1, 0.15) is 4.90 Å². The molecule has 0 saturated heterocycles. The van der Waals surface area contributed by atoms with E-state index in [9.17, 15) is 8.42 Å². The highest BCUT2D eigenvalue weighted by Crippen LogP contribution is 2.37. The summed E-state index contributed by atoms with van der Waals surface area (Å²) in [4.78, 5) is 0.432. The fourth-order valence-corrected chi connectivity index (χ4v) is 7.00. The highest BCUT2D eigenvalue weighted by molar-refractivity contribution is 7.89. The van der Waals surface area contributed by atoms with E-state index in [0.29, 0.717) is 10.9 Å². The maximum absolute atomic E-state index is 13.8. The molecule has 5 nitrogen and oxygen atoms in total. The van der Waals surface area contributed by atoms with Gasteiger partial charge in [-0.05, 0) is 39.5 Å². The van der Waals surface area contributed by atoms with Crippen LogP contribution in [0.25, 0.3) is 0 Å². The summed E-state index contributed by atoms with van der Waals surface area (Å²) < 4.78 is 31.4. The van der Waals surface area contributed by atoms with Crippen molar-refractivity contribution in [2.45, 2.75) is 121 Å². The van der Waals surface area contributed by atoms with Crippen LogP contribution < -0.4 is 0 Å². The van der Waals surface area contributed by atoms with Crippen molar-refractivity contribution in [1.82, 2.24) is 14.1 Å². The van der Waals surface area contributed by atoms with Crippen molar-refractivity contribution in [3.05, 3.63) is 11.9 Å². The molecular formula is C21H37N3O2S. The second-order valence-corrected chi connectivity index (χ2v) is 11.5. The van der Waals surface area contributed by atoms with Crippen molar-refractivity contribution >= 4 is 10.0 Å². The summed E-state index contributed by atoms with van der Waals surface area (Å²) in [6.45, 7) is 10.2. The van der Waals surface area contributed by atoms with Crippen LogP contribution in [0.4, 0.5) is 0 Å². The summed E-state index contributed by atoms with van der Waals surface area (Å²) >= 11 is 0. The van der Waals surface area contributed by atoms with Gasteiger partial charge < -0.3 is 0 Å². The molecular weight excluding hydrogens is 358 g/mol. The number of hydrogen-bond donors (Lipinski definition) is 0. The van der Waals surface area contributed by atoms with Gasteiger partial charge in [0.25, 0.3) is 0 Å². The maximum atomic E-state index is 13.8. The zero-order valence-electron chi connectivity index (χ0n) is 17.7. The number of hydrogen-bond acceptors (Lipinski definition) is 3. The zero-order chi connectivity index (χ0) is 19.8. The summed E-state index contributed by atoms with van der Waals surface area (Å²) in [5.74, 6) is 0. The van der Waals surface area contributed by atoms with Crippen LogP contribution in [0, 0.1) is 0 Å². The molecule has 0 bridgehead atoms. The first-order valence-electron chi connectivity index (χ1n) is 10.8. The summed E-state index contributed by atoms with van der Waals surface area (Å²) in [5, 5.41) is 4.83. The van der Waals surface area contributed by atoms with Gasteiger partial charge >= 0.3 is 0 Å². The fourth-order valence-electron chi connectivity index (χ4n) is 4.78. The zero-order valence-corrected chi connectivity index (χ0v) is 18.6. The van der Waals surface area contributed by atoms with Crippen LogP contribution in [-0.4, -0.2) is 34.6 Å². The molecule has 2 aliphatic rings. The Balaban J connectivity index is 2.05. The quantitative estimate of drug-likeness (QED) is 0.703. The van der Waals surface area contributed by atoms with Crippen LogP contribution in [0.5, 0.6) is 0 Å². The van der Waals surface area contributed by atoms with Gasteiger partial charge in [-0.25, -0.2) is 8.42 Å². The highest BCUT2D eigenvalue weighted by atomic mass is 32.2. The molecule has 0 unspecified atom stereocenters. The average Bonchev–Trinajstić information content (AvgIpc) is 3.24. The molecule has 1 aromatic heterocycles. The molecule has 0 aliphatic heterocycles. The second kappa shape index (κ2) is 7.86. The van der Waals surface area contributed by atoms with E-state index in [-0.39, 0.29) is 17.5 Å². The van der Waals surface area contributed by atoms with Crippen molar-refractivity contribution in [1.29, 1.82) is 0 Å². The lowest BCUT2D eigenvalue weighted by molar-refractivity contribution is 0.219. The summed E-state index contributed by atoms with van der Waals surface area (Å²) in [5.41, 5.74) is 0.414. The van der Waals surface area contributed by atoms with Crippen LogP contribution in [0.2, 0.25) is 0 Å². The molecule has 2 saturated carbocycles. The average molecular weight is 396 g/mol. The SMILES string of the molecule is CC(C)N(C1CCCCC1)S(=O)(=O)c1cn(C2CCCC2)nc1C(C)(C)C. The van der Waals surface area contributed by atoms with Crippen molar-refractivity contribution in [2.75, 3.05) is 0 Å². The van der Waals surface area contributed by atoms with Crippen molar-refractivity contribution in [3.8, 4) is 0 Å². The molecule has 0 amide bonds. The van der Waals surface area contributed by atoms with Gasteiger partial charge in [0.2, 0.25) is 10.0 Å². The molecule has 27 heavy (non-hydrogen) atoms. The minimum Gasteiger partial charge on any atom is -0.268 e. The first kappa shape index (κ1) is 20.8. The minimum atomic E-state index is -3.57. The Bertz CT molecular complexity index is 734. The Kier molecular flexibility index (Phi) is 6.07. The van der Waals surface area contributed by atoms with Crippen LogP contribution in [-0.2, 0) is 15.4 Å². The van der Waals surface area contributed by atoms with E-state index < -0.39 is 10.0 Å². The Morgan fingerprint density at radius 2 is 1.59 bits per heavy atom. The molecule has 1 aromatic rings. The Hall–Kier alpha value is -0.880. The number of nitrogens with zero attached hydrogens (tertiary/aromatic N) is 3. The molecule has 3 rings (SSSR count). The molecule has 154 valence electrons. The summed E-state index contributed by atoms with van der Waals surface area (Å²) in [6.07, 6.45) is 11.9. The number of aromatic nitrogens is 2. The van der Waals surface area contributed by atoms with Gasteiger partial charge in [-0.15, -0.1) is 0 Å². The van der Waals surface area contributed by atoms with Gasteiger partial charge in [-0.3, -0.25) is 4.68 Å². The molecule has 0 aromatic carbocycles. The van der Waals surface area contributed by atoms with Crippen LogP contribution in [0.3, 0.4) is 0 Å². The van der Waals surface area contributed by atoms with Crippen molar-refractivity contribution in [2.24, 2.45) is 0 Å². The van der Waals surface area contributed by atoms with Crippen LogP contribution >= 0.6 is 0 Å². The monoisotopic (exact) mass is 395 g/mol. The number of rotatable bonds is 5. The summed E-state index contributed by atoms with van der Waals surface area (Å²) in [6, 6.07) is 0.421. The van der Waals surface area contributed by atoms with E-state index in [1.807, 2.05) is 24.7 Å². The Morgan fingerprint density at radius 3 is 2.11 bits per heavy atom. The normalized spacial score (nSPS) is 20.9. The van der Waals surface area contributed by atoms with Crippen molar-refractivity contribution in [3.63, 3.8) is 0 Å². The maximum Gasteiger partial charge on any atom is 0.246 e. The fraction of sp³-hybridized carbons (Fsp3) is 0.857. The molecule has 2 aliphatic carbocycles. The first-order chi connectivity index (χ1) is 12.6.